The topological polar surface area (TPSA) is 78.9 Å². The summed E-state index contributed by atoms with van der Waals surface area (Å²) in [6, 6.07) is 0. The van der Waals surface area contributed by atoms with Gasteiger partial charge in [-0.15, -0.1) is 0 Å². The van der Waals surface area contributed by atoms with E-state index in [9.17, 15) is 14.4 Å². The largest absolute Gasteiger partial charge is 0.462 e. The van der Waals surface area contributed by atoms with Gasteiger partial charge in [0.1, 0.15) is 13.2 Å². The summed E-state index contributed by atoms with van der Waals surface area (Å²) in [5.74, 6) is 0.977. The van der Waals surface area contributed by atoms with Gasteiger partial charge in [-0.05, 0) is 31.1 Å². The molecule has 0 N–H and O–H groups in total. The van der Waals surface area contributed by atoms with Crippen LogP contribution in [0.2, 0.25) is 0 Å². The van der Waals surface area contributed by atoms with Gasteiger partial charge in [0.05, 0.1) is 0 Å². The minimum Gasteiger partial charge on any atom is -0.462 e. The fourth-order valence-corrected chi connectivity index (χ4v) is 10.4. The van der Waals surface area contributed by atoms with Crippen molar-refractivity contribution in [3.05, 3.63) is 0 Å². The van der Waals surface area contributed by atoms with Gasteiger partial charge in [0, 0.05) is 19.3 Å². The third kappa shape index (κ3) is 57.9. The Kier molecular flexibility index (Phi) is 58.4. The van der Waals surface area contributed by atoms with E-state index in [1.807, 2.05) is 0 Å². The number of hydrogen-bond acceptors (Lipinski definition) is 6. The molecule has 3 atom stereocenters. The van der Waals surface area contributed by atoms with Gasteiger partial charge in [-0.2, -0.15) is 0 Å². The Hall–Kier alpha value is -1.59. The van der Waals surface area contributed by atoms with Crippen molar-refractivity contribution in [1.29, 1.82) is 0 Å². The van der Waals surface area contributed by atoms with Crippen LogP contribution in [0, 0.1) is 11.8 Å². The van der Waals surface area contributed by atoms with Crippen LogP contribution < -0.4 is 0 Å². The Balaban J connectivity index is 4.27. The molecule has 6 nitrogen and oxygen atoms in total. The summed E-state index contributed by atoms with van der Waals surface area (Å²) < 4.78 is 17.0. The lowest BCUT2D eigenvalue weighted by atomic mass is 9.99. The second-order valence-electron chi connectivity index (χ2n) is 23.6. The van der Waals surface area contributed by atoms with Crippen molar-refractivity contribution >= 4 is 17.9 Å². The minimum absolute atomic E-state index is 0.0616. The molecule has 6 heteroatoms. The van der Waals surface area contributed by atoms with Crippen molar-refractivity contribution in [2.75, 3.05) is 13.2 Å². The first-order chi connectivity index (χ1) is 35.8. The molecule has 0 rings (SSSR count). The van der Waals surface area contributed by atoms with Crippen LogP contribution in [0.3, 0.4) is 0 Å². The Morgan fingerprint density at radius 3 is 0.712 bits per heavy atom. The second kappa shape index (κ2) is 59.7. The van der Waals surface area contributed by atoms with Crippen LogP contribution in [0.4, 0.5) is 0 Å². The zero-order valence-corrected chi connectivity index (χ0v) is 50.3. The summed E-state index contributed by atoms with van der Waals surface area (Å²) in [4.78, 5) is 38.4. The fraction of sp³-hybridized carbons (Fsp3) is 0.955. The molecule has 0 aromatic rings. The fourth-order valence-electron chi connectivity index (χ4n) is 10.4. The Labute approximate surface area is 457 Å². The molecule has 0 aliphatic carbocycles. The first kappa shape index (κ1) is 71.4. The molecule has 0 heterocycles. The molecule has 0 amide bonds. The third-order valence-electron chi connectivity index (χ3n) is 16.2. The van der Waals surface area contributed by atoms with E-state index in [2.05, 4.69) is 34.6 Å². The van der Waals surface area contributed by atoms with Crippen molar-refractivity contribution < 1.29 is 28.6 Å². The van der Waals surface area contributed by atoms with E-state index < -0.39 is 6.10 Å². The number of hydrogen-bond donors (Lipinski definition) is 0. The van der Waals surface area contributed by atoms with Crippen molar-refractivity contribution in [1.82, 2.24) is 0 Å². The molecule has 0 saturated heterocycles. The van der Waals surface area contributed by atoms with Crippen molar-refractivity contribution in [2.45, 2.75) is 387 Å². The Bertz CT molecular complexity index is 1120. The van der Waals surface area contributed by atoms with Crippen LogP contribution in [0.15, 0.2) is 0 Å². The number of carbonyl (C=O) groups is 3. The number of carbonyl (C=O) groups excluding carboxylic acids is 3. The quantitative estimate of drug-likeness (QED) is 0.0343. The molecule has 0 aliphatic rings. The van der Waals surface area contributed by atoms with Crippen LogP contribution in [0.25, 0.3) is 0 Å². The molecule has 0 aromatic carbocycles. The van der Waals surface area contributed by atoms with E-state index >= 15 is 0 Å². The molecular formula is C67H130O6. The molecule has 0 radical (unpaired) electrons. The highest BCUT2D eigenvalue weighted by Gasteiger charge is 2.20. The second-order valence-corrected chi connectivity index (χ2v) is 23.6. The number of rotatable bonds is 61. The Morgan fingerprint density at radius 1 is 0.274 bits per heavy atom. The van der Waals surface area contributed by atoms with Crippen molar-refractivity contribution in [3.8, 4) is 0 Å². The van der Waals surface area contributed by atoms with E-state index in [4.69, 9.17) is 14.2 Å². The summed E-state index contributed by atoms with van der Waals surface area (Å²) in [5.41, 5.74) is 0. The molecule has 0 bridgehead atoms. The van der Waals surface area contributed by atoms with Crippen LogP contribution in [-0.2, 0) is 28.6 Å². The maximum Gasteiger partial charge on any atom is 0.306 e. The number of unbranched alkanes of at least 4 members (excludes halogenated alkanes) is 44. The van der Waals surface area contributed by atoms with E-state index in [1.165, 1.54) is 270 Å². The first-order valence-electron chi connectivity index (χ1n) is 33.3. The summed E-state index contributed by atoms with van der Waals surface area (Å²) in [6.45, 7) is 11.5. The van der Waals surface area contributed by atoms with Crippen molar-refractivity contribution in [2.24, 2.45) is 11.8 Å². The van der Waals surface area contributed by atoms with E-state index in [0.29, 0.717) is 19.3 Å². The van der Waals surface area contributed by atoms with E-state index in [0.717, 1.165) is 69.6 Å². The van der Waals surface area contributed by atoms with Gasteiger partial charge in [0.25, 0.3) is 0 Å². The van der Waals surface area contributed by atoms with Gasteiger partial charge in [-0.3, -0.25) is 14.4 Å². The standard InChI is InChI=1S/C67H130O6/c1-6-9-10-11-12-13-14-15-20-27-32-37-42-47-52-57-65(68)71-60-64(61-72-66(69)58-53-48-43-38-33-28-24-23-26-31-36-41-46-51-56-63(5)8-3)73-67(70)59-54-49-44-39-34-29-22-19-17-16-18-21-25-30-35-40-45-50-55-62(4)7-2/h62-64H,6-61H2,1-5H3/t62?,63?,64-/m0/s1. The summed E-state index contributed by atoms with van der Waals surface area (Å²) in [6.07, 6.45) is 66.6. The Morgan fingerprint density at radius 2 is 0.479 bits per heavy atom. The van der Waals surface area contributed by atoms with Crippen LogP contribution in [0.5, 0.6) is 0 Å². The van der Waals surface area contributed by atoms with Gasteiger partial charge in [0.2, 0.25) is 0 Å². The summed E-state index contributed by atoms with van der Waals surface area (Å²) >= 11 is 0. The normalized spacial score (nSPS) is 12.8. The van der Waals surface area contributed by atoms with E-state index in [1.54, 1.807) is 0 Å². The lowest BCUT2D eigenvalue weighted by molar-refractivity contribution is -0.167. The molecule has 434 valence electrons. The SMILES string of the molecule is CCCCCCCCCCCCCCCCCC(=O)OC[C@@H](COC(=O)CCCCCCCCCCCCCCCCC(C)CC)OC(=O)CCCCCCCCCCCCCCCCCCCCC(C)CC. The third-order valence-corrected chi connectivity index (χ3v) is 16.2. The zero-order chi connectivity index (χ0) is 53.2. The summed E-state index contributed by atoms with van der Waals surface area (Å²) in [7, 11) is 0. The lowest BCUT2D eigenvalue weighted by Gasteiger charge is -2.18. The number of esters is 3. The van der Waals surface area contributed by atoms with Crippen LogP contribution >= 0.6 is 0 Å². The molecule has 0 aromatic heterocycles. The predicted molar refractivity (Wildman–Crippen MR) is 316 cm³/mol. The monoisotopic (exact) mass is 1030 g/mol. The highest BCUT2D eigenvalue weighted by Crippen LogP contribution is 2.20. The minimum atomic E-state index is -0.764. The molecule has 0 fully saturated rings. The van der Waals surface area contributed by atoms with Gasteiger partial charge in [-0.1, -0.05) is 343 Å². The number of ether oxygens (including phenoxy) is 3. The molecular weight excluding hydrogens is 901 g/mol. The van der Waals surface area contributed by atoms with E-state index in [-0.39, 0.29) is 31.1 Å². The van der Waals surface area contributed by atoms with Gasteiger partial charge in [0.15, 0.2) is 6.10 Å². The molecule has 2 unspecified atom stereocenters. The highest BCUT2D eigenvalue weighted by molar-refractivity contribution is 5.71. The lowest BCUT2D eigenvalue weighted by Crippen LogP contribution is -2.30. The average Bonchev–Trinajstić information content (AvgIpc) is 3.39. The van der Waals surface area contributed by atoms with Gasteiger partial charge in [-0.25, -0.2) is 0 Å². The maximum atomic E-state index is 12.9. The highest BCUT2D eigenvalue weighted by atomic mass is 16.6. The smallest absolute Gasteiger partial charge is 0.306 e. The zero-order valence-electron chi connectivity index (χ0n) is 50.3. The van der Waals surface area contributed by atoms with Gasteiger partial charge < -0.3 is 14.2 Å². The van der Waals surface area contributed by atoms with Crippen molar-refractivity contribution in [3.63, 3.8) is 0 Å². The predicted octanol–water partition coefficient (Wildman–Crippen LogP) is 22.4. The first-order valence-corrected chi connectivity index (χ1v) is 33.3. The van der Waals surface area contributed by atoms with Gasteiger partial charge >= 0.3 is 17.9 Å². The van der Waals surface area contributed by atoms with Crippen LogP contribution in [0.1, 0.15) is 381 Å². The average molecular weight is 1030 g/mol. The molecule has 0 aliphatic heterocycles. The molecule has 73 heavy (non-hydrogen) atoms. The summed E-state index contributed by atoms with van der Waals surface area (Å²) in [5, 5.41) is 0. The van der Waals surface area contributed by atoms with Crippen LogP contribution in [-0.4, -0.2) is 37.2 Å². The molecule has 0 saturated carbocycles. The maximum absolute atomic E-state index is 12.9. The molecule has 0 spiro atoms.